The molecule has 3 aromatic rings. The maximum Gasteiger partial charge on any atom is 0.236 e. The maximum atomic E-state index is 12.1. The maximum absolute atomic E-state index is 12.1. The highest BCUT2D eigenvalue weighted by atomic mass is 79.9. The number of anilines is 1. The molecule has 0 bridgehead atoms. The minimum absolute atomic E-state index is 0.177. The van der Waals surface area contributed by atoms with E-state index < -0.39 is 0 Å². The number of thioether (sulfide) groups is 1. The fraction of sp³-hybridized carbons (Fsp3) is 0.125. The van der Waals surface area contributed by atoms with Crippen LogP contribution in [0.5, 0.6) is 0 Å². The van der Waals surface area contributed by atoms with Crippen LogP contribution in [0.3, 0.4) is 0 Å². The lowest BCUT2D eigenvalue weighted by atomic mass is 10.2. The number of halogens is 3. The van der Waals surface area contributed by atoms with Crippen molar-refractivity contribution < 1.29 is 4.79 Å². The normalized spacial score (nSPS) is 10.8. The van der Waals surface area contributed by atoms with Gasteiger partial charge in [-0.25, -0.2) is 4.98 Å². The predicted molar refractivity (Wildman–Crippen MR) is 108 cm³/mol. The van der Waals surface area contributed by atoms with Crippen molar-refractivity contribution in [3.05, 3.63) is 51.0 Å². The van der Waals surface area contributed by atoms with Gasteiger partial charge < -0.3 is 9.88 Å². The Morgan fingerprint density at radius 1 is 1.23 bits per heavy atom. The Balaban J connectivity index is 1.65. The molecule has 3 rings (SSSR count). The van der Waals surface area contributed by atoms with Crippen LogP contribution in [-0.2, 0) is 11.8 Å². The highest BCUT2D eigenvalue weighted by Gasteiger charge is 2.14. The smallest absolute Gasteiger partial charge is 0.236 e. The minimum Gasteiger partial charge on any atom is -0.310 e. The van der Waals surface area contributed by atoms with Crippen LogP contribution in [0.25, 0.3) is 11.4 Å². The summed E-state index contributed by atoms with van der Waals surface area (Å²) in [5.41, 5.74) is 0.796. The third kappa shape index (κ3) is 4.56. The average Bonchev–Trinajstić information content (AvgIpc) is 2.98. The number of nitrogens with one attached hydrogen (secondary N) is 1. The molecule has 2 aromatic heterocycles. The number of aromatic nitrogens is 4. The second-order valence-electron chi connectivity index (χ2n) is 5.19. The molecule has 0 aliphatic carbocycles. The highest BCUT2D eigenvalue weighted by Crippen LogP contribution is 2.29. The Labute approximate surface area is 172 Å². The van der Waals surface area contributed by atoms with Crippen LogP contribution in [0.15, 0.2) is 46.2 Å². The Bertz CT molecular complexity index is 948. The molecule has 0 fully saturated rings. The zero-order valence-electron chi connectivity index (χ0n) is 13.4. The lowest BCUT2D eigenvalue weighted by Crippen LogP contribution is -2.15. The largest absolute Gasteiger partial charge is 0.310 e. The van der Waals surface area contributed by atoms with E-state index in [1.807, 2.05) is 19.2 Å². The molecule has 2 heterocycles. The lowest BCUT2D eigenvalue weighted by Gasteiger charge is -2.06. The van der Waals surface area contributed by atoms with Gasteiger partial charge in [0, 0.05) is 23.3 Å². The van der Waals surface area contributed by atoms with E-state index in [0.29, 0.717) is 26.8 Å². The van der Waals surface area contributed by atoms with Crippen LogP contribution < -0.4 is 5.32 Å². The third-order valence-corrected chi connectivity index (χ3v) is 5.57. The monoisotopic (exact) mass is 471 g/mol. The van der Waals surface area contributed by atoms with Gasteiger partial charge >= 0.3 is 0 Å². The molecule has 0 unspecified atom stereocenters. The van der Waals surface area contributed by atoms with Gasteiger partial charge in [-0.05, 0) is 46.3 Å². The first kappa shape index (κ1) is 19.2. The molecule has 0 spiro atoms. The van der Waals surface area contributed by atoms with Gasteiger partial charge in [0.05, 0.1) is 15.8 Å². The van der Waals surface area contributed by atoms with Crippen molar-refractivity contribution in [2.45, 2.75) is 5.16 Å². The summed E-state index contributed by atoms with van der Waals surface area (Å²) in [6.45, 7) is 0. The molecule has 6 nitrogen and oxygen atoms in total. The van der Waals surface area contributed by atoms with Gasteiger partial charge in [0.2, 0.25) is 5.91 Å². The number of pyridine rings is 1. The first-order valence-corrected chi connectivity index (χ1v) is 9.86. The first-order chi connectivity index (χ1) is 12.4. The van der Waals surface area contributed by atoms with E-state index in [1.165, 1.54) is 11.8 Å². The van der Waals surface area contributed by atoms with E-state index in [4.69, 9.17) is 23.2 Å². The fourth-order valence-electron chi connectivity index (χ4n) is 2.09. The summed E-state index contributed by atoms with van der Waals surface area (Å²) in [6, 6.07) is 8.78. The number of carbonyl (C=O) groups excluding carboxylic acids is 1. The number of amides is 1. The van der Waals surface area contributed by atoms with Crippen LogP contribution in [-0.4, -0.2) is 31.4 Å². The van der Waals surface area contributed by atoms with E-state index >= 15 is 0 Å². The summed E-state index contributed by atoms with van der Waals surface area (Å²) in [6.07, 6.45) is 1.62. The molecule has 0 saturated heterocycles. The zero-order chi connectivity index (χ0) is 18.7. The molecule has 0 radical (unpaired) electrons. The molecule has 26 heavy (non-hydrogen) atoms. The molecular formula is C16H12BrCl2N5OS. The number of benzene rings is 1. The Morgan fingerprint density at radius 2 is 2.04 bits per heavy atom. The van der Waals surface area contributed by atoms with Crippen molar-refractivity contribution in [1.29, 1.82) is 0 Å². The van der Waals surface area contributed by atoms with E-state index in [1.54, 1.807) is 29.0 Å². The SMILES string of the molecule is Cn1c(SCC(=O)Nc2ccc(Br)cn2)nnc1-c1ccc(Cl)c(Cl)c1. The zero-order valence-corrected chi connectivity index (χ0v) is 17.3. The van der Waals surface area contributed by atoms with Crippen molar-refractivity contribution in [2.75, 3.05) is 11.1 Å². The molecule has 1 aromatic carbocycles. The lowest BCUT2D eigenvalue weighted by molar-refractivity contribution is -0.113. The second-order valence-corrected chi connectivity index (χ2v) is 7.87. The molecule has 1 amide bonds. The fourth-order valence-corrected chi connectivity index (χ4v) is 3.33. The third-order valence-electron chi connectivity index (χ3n) is 3.34. The molecule has 0 saturated carbocycles. The van der Waals surface area contributed by atoms with Crippen LogP contribution in [0.2, 0.25) is 10.0 Å². The number of carbonyl (C=O) groups is 1. The van der Waals surface area contributed by atoms with Gasteiger partial charge in [-0.1, -0.05) is 35.0 Å². The molecule has 10 heteroatoms. The van der Waals surface area contributed by atoms with Gasteiger partial charge in [0.15, 0.2) is 11.0 Å². The number of hydrogen-bond acceptors (Lipinski definition) is 5. The molecule has 0 atom stereocenters. The Morgan fingerprint density at radius 3 is 2.73 bits per heavy atom. The molecule has 1 N–H and O–H groups in total. The number of hydrogen-bond donors (Lipinski definition) is 1. The highest BCUT2D eigenvalue weighted by molar-refractivity contribution is 9.10. The van der Waals surface area contributed by atoms with E-state index in [0.717, 1.165) is 10.0 Å². The van der Waals surface area contributed by atoms with Crippen LogP contribution >= 0.6 is 50.9 Å². The van der Waals surface area contributed by atoms with E-state index in [9.17, 15) is 4.79 Å². The van der Waals surface area contributed by atoms with Gasteiger partial charge in [-0.3, -0.25) is 4.79 Å². The van der Waals surface area contributed by atoms with Crippen LogP contribution in [0.4, 0.5) is 5.82 Å². The Kier molecular flexibility index (Phi) is 6.18. The quantitative estimate of drug-likeness (QED) is 0.546. The van der Waals surface area contributed by atoms with Crippen molar-refractivity contribution in [3.63, 3.8) is 0 Å². The molecule has 0 aliphatic rings. The van der Waals surface area contributed by atoms with Gasteiger partial charge in [-0.15, -0.1) is 10.2 Å². The summed E-state index contributed by atoms with van der Waals surface area (Å²) in [4.78, 5) is 16.2. The number of rotatable bonds is 5. The summed E-state index contributed by atoms with van der Waals surface area (Å²) < 4.78 is 2.65. The van der Waals surface area contributed by atoms with Gasteiger partial charge in [0.25, 0.3) is 0 Å². The topological polar surface area (TPSA) is 72.7 Å². The van der Waals surface area contributed by atoms with Crippen molar-refractivity contribution in [2.24, 2.45) is 7.05 Å². The summed E-state index contributed by atoms with van der Waals surface area (Å²) in [7, 11) is 1.83. The first-order valence-electron chi connectivity index (χ1n) is 7.33. The predicted octanol–water partition coefficient (Wildman–Crippen LogP) is 4.68. The van der Waals surface area contributed by atoms with Crippen molar-refractivity contribution in [1.82, 2.24) is 19.7 Å². The van der Waals surface area contributed by atoms with Crippen LogP contribution in [0.1, 0.15) is 0 Å². The Hall–Kier alpha value is -1.61. The van der Waals surface area contributed by atoms with E-state index in [-0.39, 0.29) is 11.7 Å². The second kappa shape index (κ2) is 8.39. The van der Waals surface area contributed by atoms with Crippen molar-refractivity contribution in [3.8, 4) is 11.4 Å². The summed E-state index contributed by atoms with van der Waals surface area (Å²) in [5, 5.41) is 12.6. The summed E-state index contributed by atoms with van der Waals surface area (Å²) in [5.74, 6) is 1.14. The van der Waals surface area contributed by atoms with Crippen molar-refractivity contribution >= 4 is 62.6 Å². The summed E-state index contributed by atoms with van der Waals surface area (Å²) >= 11 is 16.6. The van der Waals surface area contributed by atoms with Crippen LogP contribution in [0, 0.1) is 0 Å². The standard InChI is InChI=1S/C16H12BrCl2N5OS/c1-24-15(9-2-4-11(18)12(19)6-9)22-23-16(24)26-8-14(25)21-13-5-3-10(17)7-20-13/h2-7H,8H2,1H3,(H,20,21,25). The van der Waals surface area contributed by atoms with Gasteiger partial charge in [-0.2, -0.15) is 0 Å². The van der Waals surface area contributed by atoms with Gasteiger partial charge in [0.1, 0.15) is 5.82 Å². The van der Waals surface area contributed by atoms with E-state index in [2.05, 4.69) is 36.4 Å². The molecular weight excluding hydrogens is 461 g/mol. The molecule has 0 aliphatic heterocycles. The molecule has 134 valence electrons. The minimum atomic E-state index is -0.177. The average molecular weight is 473 g/mol. The number of nitrogens with zero attached hydrogens (tertiary/aromatic N) is 4.